The smallest absolute Gasteiger partial charge is 0.261 e. The first kappa shape index (κ1) is 14.2. The molecular formula is C13H22N2OS. The zero-order valence-electron chi connectivity index (χ0n) is 11.0. The van der Waals surface area contributed by atoms with E-state index in [1.807, 2.05) is 26.0 Å². The quantitative estimate of drug-likeness (QED) is 0.848. The van der Waals surface area contributed by atoms with Crippen molar-refractivity contribution in [2.24, 2.45) is 11.7 Å². The third-order valence-electron chi connectivity index (χ3n) is 2.69. The van der Waals surface area contributed by atoms with Gasteiger partial charge in [-0.2, -0.15) is 0 Å². The molecule has 4 heteroatoms. The van der Waals surface area contributed by atoms with E-state index in [-0.39, 0.29) is 11.4 Å². The summed E-state index contributed by atoms with van der Waals surface area (Å²) in [5.41, 5.74) is 5.46. The largest absolute Gasteiger partial charge is 0.345 e. The molecule has 0 radical (unpaired) electrons. The third kappa shape index (κ3) is 4.13. The Hall–Kier alpha value is -0.870. The number of rotatable bonds is 5. The lowest BCUT2D eigenvalue weighted by atomic mass is 9.90. The fraction of sp³-hybridized carbons (Fsp3) is 0.615. The van der Waals surface area contributed by atoms with E-state index < -0.39 is 0 Å². The number of hydrogen-bond acceptors (Lipinski definition) is 3. The maximum Gasteiger partial charge on any atom is 0.261 e. The Morgan fingerprint density at radius 1 is 1.53 bits per heavy atom. The number of thiophene rings is 1. The molecule has 0 saturated heterocycles. The van der Waals surface area contributed by atoms with E-state index in [4.69, 9.17) is 5.73 Å². The summed E-state index contributed by atoms with van der Waals surface area (Å²) in [6, 6.07) is 3.82. The lowest BCUT2D eigenvalue weighted by Crippen LogP contribution is -2.52. The molecule has 1 aromatic heterocycles. The highest BCUT2D eigenvalue weighted by atomic mass is 32.1. The van der Waals surface area contributed by atoms with Crippen molar-refractivity contribution in [3.8, 4) is 0 Å². The van der Waals surface area contributed by atoms with E-state index in [9.17, 15) is 4.79 Å². The van der Waals surface area contributed by atoms with Gasteiger partial charge in [0.05, 0.1) is 10.4 Å². The highest BCUT2D eigenvalue weighted by Gasteiger charge is 2.26. The van der Waals surface area contributed by atoms with Crippen LogP contribution in [-0.4, -0.2) is 18.0 Å². The fourth-order valence-corrected chi connectivity index (χ4v) is 2.74. The van der Waals surface area contributed by atoms with Gasteiger partial charge in [0.15, 0.2) is 0 Å². The van der Waals surface area contributed by atoms with Gasteiger partial charge in [0.1, 0.15) is 0 Å². The standard InChI is InChI=1S/C13H22N2OS/c1-9(2)7-13(4,8-14)15-12(16)11-6-5-10(3)17-11/h5-6,9H,7-8,14H2,1-4H3,(H,15,16). The maximum atomic E-state index is 12.1. The third-order valence-corrected chi connectivity index (χ3v) is 3.69. The number of aryl methyl sites for hydroxylation is 1. The number of nitrogens with one attached hydrogen (secondary N) is 1. The van der Waals surface area contributed by atoms with Crippen LogP contribution < -0.4 is 11.1 Å². The molecule has 1 rings (SSSR count). The minimum atomic E-state index is -0.316. The number of carbonyl (C=O) groups is 1. The first-order valence-corrected chi connectivity index (χ1v) is 6.77. The van der Waals surface area contributed by atoms with Gasteiger partial charge in [0, 0.05) is 11.4 Å². The van der Waals surface area contributed by atoms with E-state index in [2.05, 4.69) is 19.2 Å². The summed E-state index contributed by atoms with van der Waals surface area (Å²) in [6.45, 7) is 8.73. The van der Waals surface area contributed by atoms with Crippen LogP contribution >= 0.6 is 11.3 Å². The first-order chi connectivity index (χ1) is 7.86. The van der Waals surface area contributed by atoms with Crippen LogP contribution in [0.2, 0.25) is 0 Å². The second-order valence-corrected chi connectivity index (χ2v) is 6.52. The monoisotopic (exact) mass is 254 g/mol. The van der Waals surface area contributed by atoms with Crippen molar-refractivity contribution in [2.45, 2.75) is 39.7 Å². The first-order valence-electron chi connectivity index (χ1n) is 5.95. The van der Waals surface area contributed by atoms with E-state index >= 15 is 0 Å². The summed E-state index contributed by atoms with van der Waals surface area (Å²) >= 11 is 1.51. The summed E-state index contributed by atoms with van der Waals surface area (Å²) < 4.78 is 0. The fourth-order valence-electron chi connectivity index (χ4n) is 1.98. The van der Waals surface area contributed by atoms with Crippen LogP contribution in [0.5, 0.6) is 0 Å². The number of hydrogen-bond donors (Lipinski definition) is 2. The molecule has 0 aromatic carbocycles. The molecule has 0 aliphatic rings. The Morgan fingerprint density at radius 2 is 2.18 bits per heavy atom. The molecular weight excluding hydrogens is 232 g/mol. The van der Waals surface area contributed by atoms with Crippen LogP contribution in [-0.2, 0) is 0 Å². The van der Waals surface area contributed by atoms with Crippen LogP contribution in [0, 0.1) is 12.8 Å². The normalized spacial score (nSPS) is 14.7. The summed E-state index contributed by atoms with van der Waals surface area (Å²) in [5, 5.41) is 3.05. The molecule has 1 heterocycles. The molecule has 96 valence electrons. The Balaban J connectivity index is 2.71. The van der Waals surface area contributed by atoms with E-state index in [0.717, 1.165) is 16.2 Å². The average Bonchev–Trinajstić information content (AvgIpc) is 2.63. The second kappa shape index (κ2) is 5.65. The number of nitrogens with two attached hydrogens (primary N) is 1. The average molecular weight is 254 g/mol. The molecule has 0 saturated carbocycles. The van der Waals surface area contributed by atoms with Crippen molar-refractivity contribution in [3.05, 3.63) is 21.9 Å². The Bertz CT molecular complexity index is 387. The zero-order valence-corrected chi connectivity index (χ0v) is 11.9. The van der Waals surface area contributed by atoms with Gasteiger partial charge >= 0.3 is 0 Å². The molecule has 0 fully saturated rings. The lowest BCUT2D eigenvalue weighted by molar-refractivity contribution is 0.0902. The summed E-state index contributed by atoms with van der Waals surface area (Å²) in [7, 11) is 0. The highest BCUT2D eigenvalue weighted by molar-refractivity contribution is 7.13. The van der Waals surface area contributed by atoms with Crippen molar-refractivity contribution in [1.29, 1.82) is 0 Å². The van der Waals surface area contributed by atoms with Crippen molar-refractivity contribution in [3.63, 3.8) is 0 Å². The SMILES string of the molecule is Cc1ccc(C(=O)NC(C)(CN)CC(C)C)s1. The van der Waals surface area contributed by atoms with Crippen molar-refractivity contribution >= 4 is 17.2 Å². The van der Waals surface area contributed by atoms with Crippen LogP contribution in [0.1, 0.15) is 41.7 Å². The molecule has 3 nitrogen and oxygen atoms in total. The van der Waals surface area contributed by atoms with Gasteiger partial charge in [-0.15, -0.1) is 11.3 Å². The van der Waals surface area contributed by atoms with Crippen LogP contribution in [0.3, 0.4) is 0 Å². The van der Waals surface area contributed by atoms with Gasteiger partial charge in [-0.25, -0.2) is 0 Å². The van der Waals surface area contributed by atoms with E-state index in [1.54, 1.807) is 0 Å². The van der Waals surface area contributed by atoms with Crippen molar-refractivity contribution in [1.82, 2.24) is 5.32 Å². The molecule has 0 aliphatic heterocycles. The highest BCUT2D eigenvalue weighted by Crippen LogP contribution is 2.19. The minimum Gasteiger partial charge on any atom is -0.345 e. The summed E-state index contributed by atoms with van der Waals surface area (Å²) in [4.78, 5) is 14.0. The Labute approximate surface area is 107 Å². The molecule has 0 spiro atoms. The molecule has 1 unspecified atom stereocenters. The molecule has 1 atom stereocenters. The predicted molar refractivity (Wildman–Crippen MR) is 73.4 cm³/mol. The van der Waals surface area contributed by atoms with E-state index in [1.165, 1.54) is 11.3 Å². The summed E-state index contributed by atoms with van der Waals surface area (Å²) in [5.74, 6) is 0.491. The van der Waals surface area contributed by atoms with Gasteiger partial charge < -0.3 is 11.1 Å². The topological polar surface area (TPSA) is 55.1 Å². The molecule has 17 heavy (non-hydrogen) atoms. The van der Waals surface area contributed by atoms with Crippen LogP contribution in [0.4, 0.5) is 0 Å². The van der Waals surface area contributed by atoms with Crippen molar-refractivity contribution in [2.75, 3.05) is 6.54 Å². The van der Waals surface area contributed by atoms with Gasteiger partial charge in [-0.3, -0.25) is 4.79 Å². The molecule has 0 aliphatic carbocycles. The molecule has 1 aromatic rings. The second-order valence-electron chi connectivity index (χ2n) is 5.23. The van der Waals surface area contributed by atoms with Gasteiger partial charge in [-0.05, 0) is 38.3 Å². The van der Waals surface area contributed by atoms with E-state index in [0.29, 0.717) is 12.5 Å². The number of carbonyl (C=O) groups excluding carboxylic acids is 1. The molecule has 3 N–H and O–H groups in total. The predicted octanol–water partition coefficient (Wildman–Crippen LogP) is 2.55. The van der Waals surface area contributed by atoms with Crippen LogP contribution in [0.25, 0.3) is 0 Å². The van der Waals surface area contributed by atoms with Gasteiger partial charge in [-0.1, -0.05) is 13.8 Å². The lowest BCUT2D eigenvalue weighted by Gasteiger charge is -2.31. The van der Waals surface area contributed by atoms with Crippen LogP contribution in [0.15, 0.2) is 12.1 Å². The van der Waals surface area contributed by atoms with Crippen molar-refractivity contribution < 1.29 is 4.79 Å². The zero-order chi connectivity index (χ0) is 13.1. The minimum absolute atomic E-state index is 0.0169. The maximum absolute atomic E-state index is 12.1. The summed E-state index contributed by atoms with van der Waals surface area (Å²) in [6.07, 6.45) is 0.888. The molecule has 1 amide bonds. The van der Waals surface area contributed by atoms with Gasteiger partial charge in [0.2, 0.25) is 0 Å². The van der Waals surface area contributed by atoms with Gasteiger partial charge in [0.25, 0.3) is 5.91 Å². The molecule has 0 bridgehead atoms. The number of amides is 1. The Morgan fingerprint density at radius 3 is 2.59 bits per heavy atom. The Kier molecular flexibility index (Phi) is 4.71.